The van der Waals surface area contributed by atoms with Gasteiger partial charge in [0.2, 0.25) is 0 Å². The molecule has 0 saturated heterocycles. The van der Waals surface area contributed by atoms with Crippen LogP contribution in [-0.2, 0) is 21.9 Å². The van der Waals surface area contributed by atoms with Crippen LogP contribution in [0.2, 0.25) is 0 Å². The Morgan fingerprint density at radius 3 is 2.10 bits per heavy atom. The van der Waals surface area contributed by atoms with Crippen LogP contribution in [0, 0.1) is 5.92 Å². The number of sulfonamides is 1. The summed E-state index contributed by atoms with van der Waals surface area (Å²) in [7, 11) is -3.72. The Kier molecular flexibility index (Phi) is 8.36. The first kappa shape index (κ1) is 28.7. The molecule has 0 bridgehead atoms. The highest BCUT2D eigenvalue weighted by Crippen LogP contribution is 2.48. The number of rotatable bonds is 12. The molecule has 0 spiro atoms. The molecule has 0 amide bonds. The largest absolute Gasteiger partial charge is 0.507 e. The van der Waals surface area contributed by atoms with Gasteiger partial charge in [0.05, 0.1) is 10.5 Å². The van der Waals surface area contributed by atoms with Crippen LogP contribution in [-0.4, -0.2) is 13.5 Å². The van der Waals surface area contributed by atoms with E-state index in [9.17, 15) is 18.3 Å². The van der Waals surface area contributed by atoms with Crippen molar-refractivity contribution in [3.05, 3.63) is 124 Å². The smallest absolute Gasteiger partial charge is 0.343 e. The molecule has 0 aliphatic heterocycles. The normalized spacial score (nSPS) is 14.5. The van der Waals surface area contributed by atoms with E-state index in [0.717, 1.165) is 44.1 Å². The maximum atomic E-state index is 13.6. The third kappa shape index (κ3) is 6.25. The van der Waals surface area contributed by atoms with Gasteiger partial charge in [-0.05, 0) is 79.8 Å². The molecule has 41 heavy (non-hydrogen) atoms. The van der Waals surface area contributed by atoms with Crippen LogP contribution < -0.4 is 10.3 Å². The molecule has 1 atom stereocenters. The molecule has 4 aromatic rings. The molecule has 1 saturated carbocycles. The second-order valence-electron chi connectivity index (χ2n) is 11.0. The molecular formula is C34H37NO5S. The van der Waals surface area contributed by atoms with Crippen molar-refractivity contribution < 1.29 is 17.9 Å². The summed E-state index contributed by atoms with van der Waals surface area (Å²) >= 11 is 0. The van der Waals surface area contributed by atoms with E-state index in [1.165, 1.54) is 5.56 Å². The third-order valence-corrected chi connectivity index (χ3v) is 9.95. The minimum Gasteiger partial charge on any atom is -0.507 e. The van der Waals surface area contributed by atoms with Gasteiger partial charge in [-0.2, -0.15) is 0 Å². The number of nitrogens with one attached hydrogen (secondary N) is 1. The Labute approximate surface area is 242 Å². The number of anilines is 1. The zero-order valence-electron chi connectivity index (χ0n) is 23.5. The van der Waals surface area contributed by atoms with E-state index in [-0.39, 0.29) is 33.5 Å². The SMILES string of the molecule is CCC(CC)(CCc1ccccc1)c1cc(O)c(C(c2ccc(NS(=O)(=O)c3ccccc3)cc2)C2CC2)c(=O)o1. The van der Waals surface area contributed by atoms with Gasteiger partial charge >= 0.3 is 5.63 Å². The fraction of sp³-hybridized carbons (Fsp3) is 0.324. The lowest BCUT2D eigenvalue weighted by Crippen LogP contribution is -2.28. The molecule has 5 rings (SSSR count). The van der Waals surface area contributed by atoms with E-state index < -0.39 is 15.6 Å². The van der Waals surface area contributed by atoms with Crippen molar-refractivity contribution in [1.82, 2.24) is 0 Å². The van der Waals surface area contributed by atoms with E-state index in [1.807, 2.05) is 30.3 Å². The van der Waals surface area contributed by atoms with Crippen molar-refractivity contribution in [3.8, 4) is 5.75 Å². The molecule has 214 valence electrons. The number of hydrogen-bond donors (Lipinski definition) is 2. The van der Waals surface area contributed by atoms with Gasteiger partial charge in [0.1, 0.15) is 11.5 Å². The topological polar surface area (TPSA) is 96.6 Å². The highest BCUT2D eigenvalue weighted by Gasteiger charge is 2.39. The van der Waals surface area contributed by atoms with Gasteiger partial charge in [-0.1, -0.05) is 74.5 Å². The Morgan fingerprint density at radius 1 is 0.927 bits per heavy atom. The molecule has 1 aliphatic carbocycles. The Morgan fingerprint density at radius 2 is 1.54 bits per heavy atom. The maximum absolute atomic E-state index is 13.6. The van der Waals surface area contributed by atoms with Crippen molar-refractivity contribution in [2.24, 2.45) is 5.92 Å². The van der Waals surface area contributed by atoms with Gasteiger partial charge in [-0.15, -0.1) is 0 Å². The summed E-state index contributed by atoms with van der Waals surface area (Å²) in [6.45, 7) is 4.19. The van der Waals surface area contributed by atoms with E-state index in [1.54, 1.807) is 48.5 Å². The molecule has 1 unspecified atom stereocenters. The predicted molar refractivity (Wildman–Crippen MR) is 162 cm³/mol. The maximum Gasteiger partial charge on any atom is 0.343 e. The van der Waals surface area contributed by atoms with Crippen molar-refractivity contribution in [1.29, 1.82) is 0 Å². The van der Waals surface area contributed by atoms with Gasteiger partial charge in [0.15, 0.2) is 0 Å². The first-order chi connectivity index (χ1) is 19.8. The highest BCUT2D eigenvalue weighted by molar-refractivity contribution is 7.92. The molecule has 6 nitrogen and oxygen atoms in total. The highest BCUT2D eigenvalue weighted by atomic mass is 32.2. The van der Waals surface area contributed by atoms with Crippen LogP contribution in [0.1, 0.15) is 74.3 Å². The lowest BCUT2D eigenvalue weighted by atomic mass is 9.74. The fourth-order valence-electron chi connectivity index (χ4n) is 5.82. The van der Waals surface area contributed by atoms with Gasteiger partial charge < -0.3 is 9.52 Å². The number of hydrogen-bond acceptors (Lipinski definition) is 5. The monoisotopic (exact) mass is 571 g/mol. The summed E-state index contributed by atoms with van der Waals surface area (Å²) in [6, 6.07) is 27.1. The third-order valence-electron chi connectivity index (χ3n) is 8.56. The van der Waals surface area contributed by atoms with Gasteiger partial charge in [-0.3, -0.25) is 4.72 Å². The minimum atomic E-state index is -3.72. The first-order valence-electron chi connectivity index (χ1n) is 14.4. The quantitative estimate of drug-likeness (QED) is 0.185. The molecule has 3 aromatic carbocycles. The van der Waals surface area contributed by atoms with Crippen LogP contribution in [0.15, 0.2) is 105 Å². The summed E-state index contributed by atoms with van der Waals surface area (Å²) in [5, 5.41) is 11.3. The minimum absolute atomic E-state index is 0.0343. The molecule has 1 aromatic heterocycles. The Hall–Kier alpha value is -3.84. The van der Waals surface area contributed by atoms with Crippen LogP contribution in [0.3, 0.4) is 0 Å². The average molecular weight is 572 g/mol. The van der Waals surface area contributed by atoms with Crippen molar-refractivity contribution in [3.63, 3.8) is 0 Å². The van der Waals surface area contributed by atoms with Crippen LogP contribution in [0.4, 0.5) is 5.69 Å². The van der Waals surface area contributed by atoms with Crippen molar-refractivity contribution >= 4 is 15.7 Å². The Bertz CT molecular complexity index is 1620. The van der Waals surface area contributed by atoms with E-state index in [4.69, 9.17) is 4.42 Å². The zero-order valence-corrected chi connectivity index (χ0v) is 24.4. The first-order valence-corrected chi connectivity index (χ1v) is 15.8. The fourth-order valence-corrected chi connectivity index (χ4v) is 6.90. The van der Waals surface area contributed by atoms with Crippen molar-refractivity contribution in [2.45, 2.75) is 68.6 Å². The average Bonchev–Trinajstić information content (AvgIpc) is 3.83. The van der Waals surface area contributed by atoms with E-state index >= 15 is 0 Å². The van der Waals surface area contributed by atoms with E-state index in [2.05, 4.69) is 30.7 Å². The predicted octanol–water partition coefficient (Wildman–Crippen LogP) is 7.38. The second kappa shape index (κ2) is 12.0. The van der Waals surface area contributed by atoms with E-state index in [0.29, 0.717) is 11.4 Å². The van der Waals surface area contributed by atoms with Gasteiger partial charge in [-0.25, -0.2) is 13.2 Å². The van der Waals surface area contributed by atoms with Crippen molar-refractivity contribution in [2.75, 3.05) is 4.72 Å². The summed E-state index contributed by atoms with van der Waals surface area (Å²) in [6.07, 6.45) is 5.10. The summed E-state index contributed by atoms with van der Waals surface area (Å²) in [5.41, 5.74) is 1.90. The molecule has 1 aliphatic rings. The van der Waals surface area contributed by atoms with Gasteiger partial charge in [0.25, 0.3) is 10.0 Å². The number of aryl methyl sites for hydroxylation is 1. The summed E-state index contributed by atoms with van der Waals surface area (Å²) in [5.74, 6) is 0.377. The lowest BCUT2D eigenvalue weighted by molar-refractivity contribution is 0.271. The zero-order chi connectivity index (χ0) is 29.0. The van der Waals surface area contributed by atoms with Crippen LogP contribution in [0.25, 0.3) is 0 Å². The molecule has 1 heterocycles. The van der Waals surface area contributed by atoms with Crippen LogP contribution in [0.5, 0.6) is 5.75 Å². The molecule has 1 fully saturated rings. The second-order valence-corrected chi connectivity index (χ2v) is 12.7. The van der Waals surface area contributed by atoms with Crippen LogP contribution >= 0.6 is 0 Å². The van der Waals surface area contributed by atoms with Gasteiger partial charge in [0, 0.05) is 23.1 Å². The standard InChI is InChI=1S/C34H37NO5S/c1-3-34(4-2,22-21-24-11-7-5-8-12-24)30-23-29(36)32(33(37)40-30)31(25-15-16-25)26-17-19-27(20-18-26)35-41(38,39)28-13-9-6-10-14-28/h5-14,17-20,23,25,31,35-36H,3-4,15-16,21-22H2,1-2H3. The number of benzene rings is 3. The molecule has 7 heteroatoms. The summed E-state index contributed by atoms with van der Waals surface area (Å²) < 4.78 is 34.1. The molecule has 2 N–H and O–H groups in total. The number of aromatic hydroxyl groups is 1. The molecule has 0 radical (unpaired) electrons. The lowest BCUT2D eigenvalue weighted by Gasteiger charge is -2.31. The Balaban J connectivity index is 1.42. The summed E-state index contributed by atoms with van der Waals surface area (Å²) in [4.78, 5) is 13.7. The molecular weight excluding hydrogens is 534 g/mol.